The van der Waals surface area contributed by atoms with Crippen LogP contribution < -0.4 is 5.32 Å². The van der Waals surface area contributed by atoms with Crippen molar-refractivity contribution in [1.29, 1.82) is 0 Å². The van der Waals surface area contributed by atoms with Crippen LogP contribution in [0.5, 0.6) is 0 Å². The van der Waals surface area contributed by atoms with Crippen LogP contribution in [0.25, 0.3) is 0 Å². The van der Waals surface area contributed by atoms with Crippen LogP contribution in [0.1, 0.15) is 26.7 Å². The van der Waals surface area contributed by atoms with Gasteiger partial charge >= 0.3 is 0 Å². The Balaban J connectivity index is 3.46. The van der Waals surface area contributed by atoms with Crippen molar-refractivity contribution in [2.24, 2.45) is 5.92 Å². The molecule has 3 nitrogen and oxygen atoms in total. The van der Waals surface area contributed by atoms with Gasteiger partial charge in [0.15, 0.2) is 0 Å². The van der Waals surface area contributed by atoms with Crippen LogP contribution in [0.4, 0.5) is 0 Å². The van der Waals surface area contributed by atoms with Crippen molar-refractivity contribution in [3.05, 3.63) is 0 Å². The van der Waals surface area contributed by atoms with E-state index in [4.69, 9.17) is 0 Å². The second kappa shape index (κ2) is 6.38. The number of hydrogen-bond donors (Lipinski definition) is 1. The Kier molecular flexibility index (Phi) is 6.33. The molecule has 0 heterocycles. The molecule has 0 fully saturated rings. The SMILES string of the molecule is CCNCCC(C)CCS(C)(=O)=O. The first-order valence-corrected chi connectivity index (χ1v) is 6.90. The highest BCUT2D eigenvalue weighted by Gasteiger charge is 2.06. The minimum absolute atomic E-state index is 0.320. The van der Waals surface area contributed by atoms with E-state index >= 15 is 0 Å². The molecular weight excluding hydrogens is 186 g/mol. The van der Waals surface area contributed by atoms with Crippen LogP contribution in [0.3, 0.4) is 0 Å². The molecule has 0 amide bonds. The lowest BCUT2D eigenvalue weighted by molar-refractivity contribution is 0.490. The second-order valence-electron chi connectivity index (χ2n) is 3.67. The molecule has 0 rings (SSSR count). The lowest BCUT2D eigenvalue weighted by Gasteiger charge is -2.10. The normalized spacial score (nSPS) is 14.4. The minimum atomic E-state index is -2.77. The summed E-state index contributed by atoms with van der Waals surface area (Å²) in [7, 11) is -2.77. The lowest BCUT2D eigenvalue weighted by atomic mass is 10.1. The zero-order valence-corrected chi connectivity index (χ0v) is 9.65. The third-order valence-corrected chi connectivity index (χ3v) is 3.02. The summed E-state index contributed by atoms with van der Waals surface area (Å²) in [5.74, 6) is 0.814. The average Bonchev–Trinajstić information content (AvgIpc) is 2.00. The van der Waals surface area contributed by atoms with Crippen LogP contribution >= 0.6 is 0 Å². The Morgan fingerprint density at radius 2 is 1.92 bits per heavy atom. The van der Waals surface area contributed by atoms with E-state index in [-0.39, 0.29) is 0 Å². The Bertz CT molecular complexity index is 212. The van der Waals surface area contributed by atoms with Gasteiger partial charge in [0.25, 0.3) is 0 Å². The minimum Gasteiger partial charge on any atom is -0.317 e. The number of rotatable bonds is 7. The molecule has 0 saturated heterocycles. The molecule has 13 heavy (non-hydrogen) atoms. The molecule has 0 aromatic heterocycles. The fourth-order valence-corrected chi connectivity index (χ4v) is 1.92. The molecule has 80 valence electrons. The Hall–Kier alpha value is -0.0900. The zero-order chi connectivity index (χ0) is 10.3. The molecule has 4 heteroatoms. The first-order chi connectivity index (χ1) is 5.95. The Morgan fingerprint density at radius 3 is 2.38 bits per heavy atom. The van der Waals surface area contributed by atoms with E-state index < -0.39 is 9.84 Å². The topological polar surface area (TPSA) is 46.2 Å². The molecule has 1 unspecified atom stereocenters. The van der Waals surface area contributed by atoms with Gasteiger partial charge in [0.05, 0.1) is 5.75 Å². The van der Waals surface area contributed by atoms with Crippen LogP contribution in [-0.4, -0.2) is 33.5 Å². The largest absolute Gasteiger partial charge is 0.317 e. The zero-order valence-electron chi connectivity index (χ0n) is 8.84. The third-order valence-electron chi connectivity index (χ3n) is 2.05. The fraction of sp³-hybridized carbons (Fsp3) is 1.00. The van der Waals surface area contributed by atoms with Crippen molar-refractivity contribution in [2.75, 3.05) is 25.1 Å². The summed E-state index contributed by atoms with van der Waals surface area (Å²) < 4.78 is 21.7. The van der Waals surface area contributed by atoms with Crippen LogP contribution in [-0.2, 0) is 9.84 Å². The average molecular weight is 207 g/mol. The van der Waals surface area contributed by atoms with Gasteiger partial charge in [0.2, 0.25) is 0 Å². The predicted octanol–water partition coefficient (Wildman–Crippen LogP) is 1.06. The first-order valence-electron chi connectivity index (χ1n) is 4.84. The quantitative estimate of drug-likeness (QED) is 0.635. The smallest absolute Gasteiger partial charge is 0.147 e. The van der Waals surface area contributed by atoms with Gasteiger partial charge in [-0.15, -0.1) is 0 Å². The molecule has 0 aliphatic heterocycles. The van der Waals surface area contributed by atoms with E-state index in [2.05, 4.69) is 19.2 Å². The highest BCUT2D eigenvalue weighted by atomic mass is 32.2. The number of sulfone groups is 1. The van der Waals surface area contributed by atoms with Crippen molar-refractivity contribution < 1.29 is 8.42 Å². The van der Waals surface area contributed by atoms with Crippen molar-refractivity contribution >= 4 is 9.84 Å². The monoisotopic (exact) mass is 207 g/mol. The van der Waals surface area contributed by atoms with Crippen molar-refractivity contribution in [3.63, 3.8) is 0 Å². The summed E-state index contributed by atoms with van der Waals surface area (Å²) in [5.41, 5.74) is 0. The summed E-state index contributed by atoms with van der Waals surface area (Å²) >= 11 is 0. The maximum Gasteiger partial charge on any atom is 0.147 e. The molecule has 0 aliphatic carbocycles. The molecule has 0 aliphatic rings. The third kappa shape index (κ3) is 9.83. The fourth-order valence-electron chi connectivity index (χ4n) is 1.08. The summed E-state index contributed by atoms with van der Waals surface area (Å²) in [6, 6.07) is 0. The summed E-state index contributed by atoms with van der Waals surface area (Å²) in [4.78, 5) is 0. The maximum atomic E-state index is 10.9. The molecular formula is C9H21NO2S. The van der Waals surface area contributed by atoms with Gasteiger partial charge in [-0.25, -0.2) is 8.42 Å². The van der Waals surface area contributed by atoms with E-state index in [0.29, 0.717) is 11.7 Å². The molecule has 1 N–H and O–H groups in total. The number of nitrogens with one attached hydrogen (secondary N) is 1. The van der Waals surface area contributed by atoms with Gasteiger partial charge in [-0.1, -0.05) is 13.8 Å². The van der Waals surface area contributed by atoms with Gasteiger partial charge in [0.1, 0.15) is 9.84 Å². The van der Waals surface area contributed by atoms with Gasteiger partial charge < -0.3 is 5.32 Å². The van der Waals surface area contributed by atoms with Crippen molar-refractivity contribution in [1.82, 2.24) is 5.32 Å². The number of hydrogen-bond acceptors (Lipinski definition) is 3. The molecule has 0 radical (unpaired) electrons. The van der Waals surface area contributed by atoms with Gasteiger partial charge in [-0.05, 0) is 31.8 Å². The van der Waals surface area contributed by atoms with E-state index in [0.717, 1.165) is 25.9 Å². The van der Waals surface area contributed by atoms with Crippen molar-refractivity contribution in [2.45, 2.75) is 26.7 Å². The molecule has 1 atom stereocenters. The maximum absolute atomic E-state index is 10.9. The highest BCUT2D eigenvalue weighted by molar-refractivity contribution is 7.90. The predicted molar refractivity (Wildman–Crippen MR) is 56.7 cm³/mol. The molecule has 0 aromatic carbocycles. The van der Waals surface area contributed by atoms with Crippen molar-refractivity contribution in [3.8, 4) is 0 Å². The van der Waals surface area contributed by atoms with E-state index in [1.54, 1.807) is 0 Å². The van der Waals surface area contributed by atoms with Crippen LogP contribution in [0.2, 0.25) is 0 Å². The second-order valence-corrected chi connectivity index (χ2v) is 5.93. The van der Waals surface area contributed by atoms with Gasteiger partial charge in [0, 0.05) is 6.26 Å². The molecule has 0 bridgehead atoms. The van der Waals surface area contributed by atoms with Gasteiger partial charge in [-0.3, -0.25) is 0 Å². The van der Waals surface area contributed by atoms with Crippen LogP contribution in [0, 0.1) is 5.92 Å². The van der Waals surface area contributed by atoms with E-state index in [1.165, 1.54) is 6.26 Å². The summed E-state index contributed by atoms with van der Waals surface area (Å²) in [5, 5.41) is 3.23. The highest BCUT2D eigenvalue weighted by Crippen LogP contribution is 2.07. The Morgan fingerprint density at radius 1 is 1.31 bits per heavy atom. The summed E-state index contributed by atoms with van der Waals surface area (Å²) in [6.45, 7) is 6.14. The summed E-state index contributed by atoms with van der Waals surface area (Å²) in [6.07, 6.45) is 3.14. The lowest BCUT2D eigenvalue weighted by Crippen LogP contribution is -2.17. The molecule has 0 aromatic rings. The van der Waals surface area contributed by atoms with Crippen LogP contribution in [0.15, 0.2) is 0 Å². The molecule has 0 spiro atoms. The standard InChI is InChI=1S/C9H21NO2S/c1-4-10-7-5-9(2)6-8-13(3,11)12/h9-10H,4-8H2,1-3H3. The van der Waals surface area contributed by atoms with E-state index in [9.17, 15) is 8.42 Å². The molecule has 0 saturated carbocycles. The Labute approximate surface area is 81.8 Å². The van der Waals surface area contributed by atoms with Gasteiger partial charge in [-0.2, -0.15) is 0 Å². The first kappa shape index (κ1) is 12.9. The van der Waals surface area contributed by atoms with E-state index in [1.807, 2.05) is 0 Å².